The molecule has 0 fully saturated rings. The average molecular weight is 458 g/mol. The summed E-state index contributed by atoms with van der Waals surface area (Å²) < 4.78 is 10.7. The number of hydrogen-bond acceptors (Lipinski definition) is 7. The molecule has 1 atom stereocenters. The van der Waals surface area contributed by atoms with Crippen molar-refractivity contribution in [3.05, 3.63) is 71.1 Å². The van der Waals surface area contributed by atoms with Gasteiger partial charge in [0.2, 0.25) is 0 Å². The van der Waals surface area contributed by atoms with Gasteiger partial charge in [0.25, 0.3) is 5.91 Å². The summed E-state index contributed by atoms with van der Waals surface area (Å²) in [6, 6.07) is 15.1. The molecule has 164 valence electrons. The maximum Gasteiger partial charge on any atom is 0.338 e. The van der Waals surface area contributed by atoms with Crippen molar-refractivity contribution in [3.8, 4) is 16.5 Å². The predicted molar refractivity (Wildman–Crippen MR) is 124 cm³/mol. The van der Waals surface area contributed by atoms with Gasteiger partial charge < -0.3 is 14.5 Å². The Kier molecular flexibility index (Phi) is 5.40. The standard InChI is InChI=1S/C25H19N3O4S/c1-2-20(32-25(30)15-8-10-21-19(11-15)27-13-31-21)23(29)28-24-18(12-26)17-9-7-14-5-3-4-6-16(14)22(17)33-24/h3-6,8,10-11,13,20H,2,7,9H2,1H3,(H,28,29). The van der Waals surface area contributed by atoms with Crippen LogP contribution in [0.2, 0.25) is 0 Å². The molecule has 2 heterocycles. The van der Waals surface area contributed by atoms with Crippen LogP contribution in [-0.2, 0) is 22.4 Å². The second-order valence-corrected chi connectivity index (χ2v) is 8.73. The minimum atomic E-state index is -0.997. The minimum absolute atomic E-state index is 0.281. The molecule has 0 spiro atoms. The normalized spacial score (nSPS) is 13.0. The molecule has 1 amide bonds. The van der Waals surface area contributed by atoms with Crippen molar-refractivity contribution in [3.63, 3.8) is 0 Å². The summed E-state index contributed by atoms with van der Waals surface area (Å²) in [6.45, 7) is 1.76. The maximum absolute atomic E-state index is 13.0. The van der Waals surface area contributed by atoms with Gasteiger partial charge in [-0.15, -0.1) is 11.3 Å². The van der Waals surface area contributed by atoms with Crippen molar-refractivity contribution in [1.29, 1.82) is 5.26 Å². The minimum Gasteiger partial charge on any atom is -0.449 e. The highest BCUT2D eigenvalue weighted by Crippen LogP contribution is 2.44. The summed E-state index contributed by atoms with van der Waals surface area (Å²) >= 11 is 1.39. The number of aromatic nitrogens is 1. The Morgan fingerprint density at radius 2 is 2.12 bits per heavy atom. The average Bonchev–Trinajstić information content (AvgIpc) is 3.45. The van der Waals surface area contributed by atoms with Crippen molar-refractivity contribution >= 4 is 39.3 Å². The lowest BCUT2D eigenvalue weighted by molar-refractivity contribution is -0.124. The fourth-order valence-corrected chi connectivity index (χ4v) is 5.31. The summed E-state index contributed by atoms with van der Waals surface area (Å²) in [5.74, 6) is -1.08. The number of nitrogens with one attached hydrogen (secondary N) is 1. The lowest BCUT2D eigenvalue weighted by atomic mass is 9.90. The number of carbonyl (C=O) groups excluding carboxylic acids is 2. The molecule has 0 radical (unpaired) electrons. The van der Waals surface area contributed by atoms with Gasteiger partial charge >= 0.3 is 5.97 Å². The summed E-state index contributed by atoms with van der Waals surface area (Å²) in [7, 11) is 0. The van der Waals surface area contributed by atoms with Gasteiger partial charge in [-0.2, -0.15) is 5.26 Å². The molecule has 1 aliphatic rings. The van der Waals surface area contributed by atoms with Crippen molar-refractivity contribution in [2.45, 2.75) is 32.3 Å². The SMILES string of the molecule is CCC(OC(=O)c1ccc2ocnc2c1)C(=O)Nc1sc2c(c1C#N)CCc1ccccc1-2. The van der Waals surface area contributed by atoms with E-state index < -0.39 is 18.0 Å². The number of fused-ring (bicyclic) bond motifs is 4. The Hall–Kier alpha value is -3.96. The van der Waals surface area contributed by atoms with Crippen LogP contribution in [0.15, 0.2) is 53.3 Å². The van der Waals surface area contributed by atoms with Gasteiger partial charge in [0, 0.05) is 4.88 Å². The molecule has 0 aliphatic heterocycles. The maximum atomic E-state index is 13.0. The summed E-state index contributed by atoms with van der Waals surface area (Å²) in [5.41, 5.74) is 5.15. The third kappa shape index (κ3) is 3.77. The number of amides is 1. The summed E-state index contributed by atoms with van der Waals surface area (Å²) in [4.78, 5) is 30.7. The smallest absolute Gasteiger partial charge is 0.338 e. The number of nitrogens with zero attached hydrogens (tertiary/aromatic N) is 2. The molecular formula is C25H19N3O4S. The van der Waals surface area contributed by atoms with Crippen LogP contribution >= 0.6 is 11.3 Å². The van der Waals surface area contributed by atoms with Gasteiger partial charge in [-0.1, -0.05) is 31.2 Å². The van der Waals surface area contributed by atoms with Gasteiger partial charge in [0.05, 0.1) is 11.1 Å². The molecule has 5 rings (SSSR count). The van der Waals surface area contributed by atoms with Gasteiger partial charge in [-0.25, -0.2) is 9.78 Å². The summed E-state index contributed by atoms with van der Waals surface area (Å²) in [6.07, 6.45) is 2.20. The van der Waals surface area contributed by atoms with Crippen LogP contribution < -0.4 is 5.32 Å². The fraction of sp³-hybridized carbons (Fsp3) is 0.200. The Bertz CT molecular complexity index is 1430. The number of carbonyl (C=O) groups is 2. The lowest BCUT2D eigenvalue weighted by Gasteiger charge is -2.16. The van der Waals surface area contributed by atoms with Crippen molar-refractivity contribution in [2.75, 3.05) is 5.32 Å². The molecule has 8 heteroatoms. The first-order valence-electron chi connectivity index (χ1n) is 10.6. The van der Waals surface area contributed by atoms with Gasteiger partial charge in [0.15, 0.2) is 18.1 Å². The van der Waals surface area contributed by atoms with Gasteiger partial charge in [-0.05, 0) is 54.2 Å². The molecule has 0 saturated heterocycles. The van der Waals surface area contributed by atoms with Crippen molar-refractivity contribution < 1.29 is 18.7 Å². The number of benzene rings is 2. The molecule has 1 N–H and O–H groups in total. The molecule has 4 aromatic rings. The number of hydrogen-bond donors (Lipinski definition) is 1. The number of rotatable bonds is 5. The first-order valence-corrected chi connectivity index (χ1v) is 11.4. The molecule has 2 aromatic carbocycles. The number of esters is 1. The predicted octanol–water partition coefficient (Wildman–Crippen LogP) is 5.10. The Labute approximate surface area is 193 Å². The van der Waals surface area contributed by atoms with E-state index in [1.54, 1.807) is 25.1 Å². The zero-order valence-electron chi connectivity index (χ0n) is 17.8. The van der Waals surface area contributed by atoms with E-state index in [0.29, 0.717) is 28.1 Å². The summed E-state index contributed by atoms with van der Waals surface area (Å²) in [5, 5.41) is 13.1. The highest BCUT2D eigenvalue weighted by atomic mass is 32.1. The van der Waals surface area contributed by atoms with Crippen LogP contribution in [-0.4, -0.2) is 23.0 Å². The Morgan fingerprint density at radius 1 is 1.27 bits per heavy atom. The molecular weight excluding hydrogens is 438 g/mol. The van der Waals surface area contributed by atoms with Crippen molar-refractivity contribution in [2.24, 2.45) is 0 Å². The number of ether oxygens (including phenoxy) is 1. The van der Waals surface area contributed by atoms with E-state index in [2.05, 4.69) is 22.4 Å². The highest BCUT2D eigenvalue weighted by molar-refractivity contribution is 7.20. The number of anilines is 1. The highest BCUT2D eigenvalue weighted by Gasteiger charge is 2.28. The lowest BCUT2D eigenvalue weighted by Crippen LogP contribution is -2.32. The quantitative estimate of drug-likeness (QED) is 0.418. The number of aryl methyl sites for hydroxylation is 1. The third-order valence-electron chi connectivity index (χ3n) is 5.74. The third-order valence-corrected chi connectivity index (χ3v) is 6.92. The van der Waals surface area contributed by atoms with E-state index in [1.807, 2.05) is 18.2 Å². The second kappa shape index (κ2) is 8.52. The first kappa shape index (κ1) is 20.9. The van der Waals surface area contributed by atoms with E-state index in [4.69, 9.17) is 9.15 Å². The monoisotopic (exact) mass is 457 g/mol. The molecule has 2 aromatic heterocycles. The topological polar surface area (TPSA) is 105 Å². The molecule has 0 saturated carbocycles. The van der Waals surface area contributed by atoms with E-state index in [0.717, 1.165) is 28.8 Å². The molecule has 1 aliphatic carbocycles. The van der Waals surface area contributed by atoms with E-state index in [-0.39, 0.29) is 5.56 Å². The van der Waals surface area contributed by atoms with Crippen molar-refractivity contribution in [1.82, 2.24) is 4.98 Å². The van der Waals surface area contributed by atoms with Crippen LogP contribution in [0.25, 0.3) is 21.5 Å². The van der Waals surface area contributed by atoms with Gasteiger partial charge in [0.1, 0.15) is 16.6 Å². The Balaban J connectivity index is 1.37. The van der Waals surface area contributed by atoms with Crippen LogP contribution in [0.4, 0.5) is 5.00 Å². The zero-order valence-corrected chi connectivity index (χ0v) is 18.6. The largest absolute Gasteiger partial charge is 0.449 e. The fourth-order valence-electron chi connectivity index (χ4n) is 4.04. The van der Waals surface area contributed by atoms with Crippen LogP contribution in [0.1, 0.15) is 40.4 Å². The van der Waals surface area contributed by atoms with Crippen LogP contribution in [0.3, 0.4) is 0 Å². The Morgan fingerprint density at radius 3 is 2.94 bits per heavy atom. The molecule has 33 heavy (non-hydrogen) atoms. The number of oxazole rings is 1. The van der Waals surface area contributed by atoms with Crippen LogP contribution in [0.5, 0.6) is 0 Å². The molecule has 1 unspecified atom stereocenters. The van der Waals surface area contributed by atoms with E-state index in [9.17, 15) is 14.9 Å². The first-order chi connectivity index (χ1) is 16.1. The van der Waals surface area contributed by atoms with Crippen LogP contribution in [0, 0.1) is 11.3 Å². The second-order valence-electron chi connectivity index (χ2n) is 7.71. The van der Waals surface area contributed by atoms with Gasteiger partial charge in [-0.3, -0.25) is 4.79 Å². The van der Waals surface area contributed by atoms with E-state index >= 15 is 0 Å². The van der Waals surface area contributed by atoms with E-state index in [1.165, 1.54) is 23.3 Å². The molecule has 7 nitrogen and oxygen atoms in total. The number of nitriles is 1. The number of thiophene rings is 1. The zero-order chi connectivity index (χ0) is 22.9. The molecule has 0 bridgehead atoms.